The molecule has 0 spiro atoms. The van der Waals surface area contributed by atoms with Crippen LogP contribution in [0.15, 0.2) is 42.7 Å². The molecule has 0 fully saturated rings. The molecular formula is C14H13ClN4O2. The van der Waals surface area contributed by atoms with Crippen LogP contribution in [0, 0.1) is 0 Å². The van der Waals surface area contributed by atoms with E-state index < -0.39 is 5.91 Å². The Balaban J connectivity index is 1.76. The van der Waals surface area contributed by atoms with Crippen LogP contribution >= 0.6 is 11.6 Å². The molecule has 0 unspecified atom stereocenters. The fourth-order valence-corrected chi connectivity index (χ4v) is 1.64. The highest BCUT2D eigenvalue weighted by molar-refractivity contribution is 6.29. The van der Waals surface area contributed by atoms with Crippen molar-refractivity contribution >= 4 is 23.4 Å². The highest BCUT2D eigenvalue weighted by atomic mass is 35.5. The van der Waals surface area contributed by atoms with Crippen molar-refractivity contribution in [2.45, 2.75) is 6.54 Å². The fraction of sp³-hybridized carbons (Fsp3) is 0.143. The predicted octanol–water partition coefficient (Wildman–Crippen LogP) is 1.18. The molecule has 7 heteroatoms. The molecular weight excluding hydrogens is 292 g/mol. The van der Waals surface area contributed by atoms with Crippen molar-refractivity contribution in [3.63, 3.8) is 0 Å². The zero-order valence-electron chi connectivity index (χ0n) is 11.0. The van der Waals surface area contributed by atoms with Crippen molar-refractivity contribution in [3.8, 4) is 0 Å². The normalized spacial score (nSPS) is 9.95. The molecule has 0 saturated carbocycles. The number of carbonyl (C=O) groups excluding carboxylic acids is 2. The summed E-state index contributed by atoms with van der Waals surface area (Å²) in [5.41, 5.74) is 1.09. The van der Waals surface area contributed by atoms with Crippen LogP contribution in [0.4, 0.5) is 0 Å². The van der Waals surface area contributed by atoms with E-state index in [9.17, 15) is 9.59 Å². The molecule has 0 radical (unpaired) electrons. The van der Waals surface area contributed by atoms with Gasteiger partial charge in [0.25, 0.3) is 5.91 Å². The van der Waals surface area contributed by atoms with Gasteiger partial charge in [-0.2, -0.15) is 0 Å². The second kappa shape index (κ2) is 7.35. The highest BCUT2D eigenvalue weighted by Gasteiger charge is 2.09. The van der Waals surface area contributed by atoms with E-state index in [2.05, 4.69) is 20.6 Å². The molecule has 2 rings (SSSR count). The average Bonchev–Trinajstić information content (AvgIpc) is 2.52. The van der Waals surface area contributed by atoms with Crippen LogP contribution in [0.1, 0.15) is 16.1 Å². The summed E-state index contributed by atoms with van der Waals surface area (Å²) in [4.78, 5) is 30.9. The first-order valence-corrected chi connectivity index (χ1v) is 6.59. The second-order valence-corrected chi connectivity index (χ2v) is 4.56. The molecule has 0 atom stereocenters. The Kier molecular flexibility index (Phi) is 5.22. The maximum atomic E-state index is 11.7. The van der Waals surface area contributed by atoms with E-state index in [-0.39, 0.29) is 23.3 Å². The summed E-state index contributed by atoms with van der Waals surface area (Å²) in [5.74, 6) is -0.761. The number of nitrogens with zero attached hydrogens (tertiary/aromatic N) is 2. The van der Waals surface area contributed by atoms with Crippen LogP contribution in [0.3, 0.4) is 0 Å². The largest absolute Gasteiger partial charge is 0.350 e. The van der Waals surface area contributed by atoms with E-state index in [0.717, 1.165) is 5.56 Å². The summed E-state index contributed by atoms with van der Waals surface area (Å²) >= 11 is 5.57. The van der Waals surface area contributed by atoms with Crippen molar-refractivity contribution in [3.05, 3.63) is 59.1 Å². The smallest absolute Gasteiger partial charge is 0.271 e. The van der Waals surface area contributed by atoms with Crippen molar-refractivity contribution < 1.29 is 9.59 Å². The molecule has 2 aromatic rings. The number of rotatable bonds is 5. The van der Waals surface area contributed by atoms with E-state index in [1.165, 1.54) is 12.4 Å². The lowest BCUT2D eigenvalue weighted by atomic mass is 10.2. The molecule has 108 valence electrons. The topological polar surface area (TPSA) is 84.0 Å². The monoisotopic (exact) mass is 304 g/mol. The summed E-state index contributed by atoms with van der Waals surface area (Å²) in [6, 6.07) is 9.49. The third kappa shape index (κ3) is 4.85. The van der Waals surface area contributed by atoms with E-state index in [1.807, 2.05) is 30.3 Å². The predicted molar refractivity (Wildman–Crippen MR) is 77.7 cm³/mol. The quantitative estimate of drug-likeness (QED) is 0.868. The molecule has 0 aliphatic rings. The van der Waals surface area contributed by atoms with Gasteiger partial charge in [-0.3, -0.25) is 9.59 Å². The molecule has 1 aromatic heterocycles. The fourth-order valence-electron chi connectivity index (χ4n) is 1.54. The zero-order valence-corrected chi connectivity index (χ0v) is 11.8. The van der Waals surface area contributed by atoms with E-state index >= 15 is 0 Å². The molecule has 21 heavy (non-hydrogen) atoms. The molecule has 1 heterocycles. The van der Waals surface area contributed by atoms with Gasteiger partial charge in [-0.25, -0.2) is 9.97 Å². The standard InChI is InChI=1S/C14H13ClN4O2/c15-12-8-16-11(7-17-12)14(21)19-9-13(20)18-6-10-4-2-1-3-5-10/h1-5,7-8H,6,9H2,(H,18,20)(H,19,21). The Labute approximate surface area is 126 Å². The van der Waals surface area contributed by atoms with Gasteiger partial charge in [0.15, 0.2) is 0 Å². The van der Waals surface area contributed by atoms with Crippen molar-refractivity contribution in [2.75, 3.05) is 6.54 Å². The van der Waals surface area contributed by atoms with E-state index in [0.29, 0.717) is 6.54 Å². The van der Waals surface area contributed by atoms with Crippen molar-refractivity contribution in [1.82, 2.24) is 20.6 Å². The maximum Gasteiger partial charge on any atom is 0.271 e. The van der Waals surface area contributed by atoms with Gasteiger partial charge in [0.1, 0.15) is 10.8 Å². The van der Waals surface area contributed by atoms with Gasteiger partial charge in [-0.15, -0.1) is 0 Å². The van der Waals surface area contributed by atoms with Gasteiger partial charge >= 0.3 is 0 Å². The van der Waals surface area contributed by atoms with Crippen LogP contribution < -0.4 is 10.6 Å². The van der Waals surface area contributed by atoms with Crippen LogP contribution in [0.2, 0.25) is 5.15 Å². The average molecular weight is 305 g/mol. The van der Waals surface area contributed by atoms with Crippen LogP contribution in [-0.4, -0.2) is 28.3 Å². The summed E-state index contributed by atoms with van der Waals surface area (Å²) in [6.07, 6.45) is 2.52. The lowest BCUT2D eigenvalue weighted by Gasteiger charge is -2.06. The first-order valence-electron chi connectivity index (χ1n) is 6.21. The summed E-state index contributed by atoms with van der Waals surface area (Å²) in [6.45, 7) is 0.284. The first kappa shape index (κ1) is 14.9. The second-order valence-electron chi connectivity index (χ2n) is 4.17. The summed E-state index contributed by atoms with van der Waals surface area (Å²) in [5, 5.41) is 5.36. The lowest BCUT2D eigenvalue weighted by Crippen LogP contribution is -2.36. The molecule has 2 N–H and O–H groups in total. The summed E-state index contributed by atoms with van der Waals surface area (Å²) in [7, 11) is 0. The van der Waals surface area contributed by atoms with Gasteiger partial charge in [0.05, 0.1) is 18.9 Å². The SMILES string of the molecule is O=C(CNC(=O)c1cnc(Cl)cn1)NCc1ccccc1. The minimum absolute atomic E-state index is 0.107. The molecule has 0 saturated heterocycles. The Morgan fingerprint density at radius 1 is 1.05 bits per heavy atom. The Bertz CT molecular complexity index is 617. The molecule has 0 aliphatic carbocycles. The van der Waals surface area contributed by atoms with Gasteiger partial charge in [-0.1, -0.05) is 41.9 Å². The lowest BCUT2D eigenvalue weighted by molar-refractivity contribution is -0.120. The Morgan fingerprint density at radius 2 is 1.81 bits per heavy atom. The van der Waals surface area contributed by atoms with Crippen molar-refractivity contribution in [2.24, 2.45) is 0 Å². The highest BCUT2D eigenvalue weighted by Crippen LogP contribution is 2.01. The Hall–Kier alpha value is -2.47. The number of aromatic nitrogens is 2. The van der Waals surface area contributed by atoms with Gasteiger partial charge in [-0.05, 0) is 5.56 Å². The number of nitrogens with one attached hydrogen (secondary N) is 2. The van der Waals surface area contributed by atoms with E-state index in [4.69, 9.17) is 11.6 Å². The third-order valence-electron chi connectivity index (χ3n) is 2.59. The number of halogens is 1. The van der Waals surface area contributed by atoms with Crippen LogP contribution in [0.5, 0.6) is 0 Å². The minimum atomic E-state index is -0.478. The number of hydrogen-bond donors (Lipinski definition) is 2. The maximum absolute atomic E-state index is 11.7. The van der Waals surface area contributed by atoms with Gasteiger partial charge < -0.3 is 10.6 Å². The summed E-state index contributed by atoms with van der Waals surface area (Å²) < 4.78 is 0. The zero-order chi connectivity index (χ0) is 15.1. The first-order chi connectivity index (χ1) is 10.1. The molecule has 6 nitrogen and oxygen atoms in total. The number of carbonyl (C=O) groups is 2. The number of benzene rings is 1. The molecule has 0 aliphatic heterocycles. The van der Waals surface area contributed by atoms with Gasteiger partial charge in [0, 0.05) is 6.54 Å². The minimum Gasteiger partial charge on any atom is -0.350 e. The molecule has 2 amide bonds. The molecule has 0 bridgehead atoms. The van der Waals surface area contributed by atoms with Crippen LogP contribution in [0.25, 0.3) is 0 Å². The number of hydrogen-bond acceptors (Lipinski definition) is 4. The Morgan fingerprint density at radius 3 is 2.48 bits per heavy atom. The number of amides is 2. The van der Waals surface area contributed by atoms with Gasteiger partial charge in [0.2, 0.25) is 5.91 Å². The third-order valence-corrected chi connectivity index (χ3v) is 2.79. The van der Waals surface area contributed by atoms with Crippen molar-refractivity contribution in [1.29, 1.82) is 0 Å². The molecule has 1 aromatic carbocycles. The van der Waals surface area contributed by atoms with E-state index in [1.54, 1.807) is 0 Å². The van der Waals surface area contributed by atoms with Crippen LogP contribution in [-0.2, 0) is 11.3 Å².